The number of carbonyl (C=O) groups is 1. The van der Waals surface area contributed by atoms with E-state index in [0.717, 1.165) is 40.7 Å². The second kappa shape index (κ2) is 9.89. The second-order valence-electron chi connectivity index (χ2n) is 6.42. The number of aryl methyl sites for hydroxylation is 2. The predicted molar refractivity (Wildman–Crippen MR) is 109 cm³/mol. The average molecular weight is 390 g/mol. The summed E-state index contributed by atoms with van der Waals surface area (Å²) in [4.78, 5) is 11.9. The molecule has 0 fully saturated rings. The molecule has 1 amide bonds. The van der Waals surface area contributed by atoms with E-state index in [2.05, 4.69) is 17.4 Å². The first-order chi connectivity index (χ1) is 12.7. The lowest BCUT2D eigenvalue weighted by atomic mass is 9.92. The Balaban J connectivity index is 1.32. The van der Waals surface area contributed by atoms with Crippen LogP contribution in [0.5, 0.6) is 5.75 Å². The van der Waals surface area contributed by atoms with E-state index in [0.29, 0.717) is 6.54 Å². The molecule has 1 aliphatic rings. The Kier molecular flexibility index (Phi) is 7.27. The SMILES string of the molecule is O=C(COc1ccc2c(c1)CCCC2)NCCSCc1ccccc1Cl. The zero-order valence-corrected chi connectivity index (χ0v) is 16.4. The molecule has 0 saturated heterocycles. The summed E-state index contributed by atoms with van der Waals surface area (Å²) in [5, 5.41) is 3.69. The highest BCUT2D eigenvalue weighted by molar-refractivity contribution is 7.98. The molecule has 2 aromatic carbocycles. The van der Waals surface area contributed by atoms with Crippen LogP contribution in [0.1, 0.15) is 29.5 Å². The van der Waals surface area contributed by atoms with Crippen molar-refractivity contribution >= 4 is 29.3 Å². The van der Waals surface area contributed by atoms with Gasteiger partial charge in [-0.1, -0.05) is 35.9 Å². The first-order valence-electron chi connectivity index (χ1n) is 9.05. The lowest BCUT2D eigenvalue weighted by Gasteiger charge is -2.16. The first kappa shape index (κ1) is 19.1. The maximum absolute atomic E-state index is 11.9. The molecule has 3 nitrogen and oxygen atoms in total. The molecule has 0 unspecified atom stereocenters. The maximum Gasteiger partial charge on any atom is 0.257 e. The summed E-state index contributed by atoms with van der Waals surface area (Å²) >= 11 is 7.88. The minimum absolute atomic E-state index is 0.0635. The van der Waals surface area contributed by atoms with Crippen molar-refractivity contribution in [1.29, 1.82) is 0 Å². The Bertz CT molecular complexity index is 751. The van der Waals surface area contributed by atoms with Gasteiger partial charge >= 0.3 is 0 Å². The highest BCUT2D eigenvalue weighted by atomic mass is 35.5. The fourth-order valence-corrected chi connectivity index (χ4v) is 4.20. The lowest BCUT2D eigenvalue weighted by Crippen LogP contribution is -2.30. The summed E-state index contributed by atoms with van der Waals surface area (Å²) in [6.45, 7) is 0.690. The van der Waals surface area contributed by atoms with Gasteiger partial charge in [-0.05, 0) is 60.6 Å². The first-order valence-corrected chi connectivity index (χ1v) is 10.6. The molecule has 26 heavy (non-hydrogen) atoms. The molecule has 1 aliphatic carbocycles. The van der Waals surface area contributed by atoms with E-state index < -0.39 is 0 Å². The van der Waals surface area contributed by atoms with Gasteiger partial charge in [0.15, 0.2) is 6.61 Å². The number of hydrogen-bond acceptors (Lipinski definition) is 3. The molecule has 3 rings (SSSR count). The molecule has 1 N–H and O–H groups in total. The quantitative estimate of drug-likeness (QED) is 0.668. The molecule has 2 aromatic rings. The van der Waals surface area contributed by atoms with Crippen molar-refractivity contribution in [3.05, 3.63) is 64.2 Å². The average Bonchev–Trinajstić information content (AvgIpc) is 2.67. The molecule has 0 spiro atoms. The van der Waals surface area contributed by atoms with E-state index in [-0.39, 0.29) is 12.5 Å². The van der Waals surface area contributed by atoms with Crippen molar-refractivity contribution < 1.29 is 9.53 Å². The van der Waals surface area contributed by atoms with Crippen molar-refractivity contribution in [3.63, 3.8) is 0 Å². The largest absolute Gasteiger partial charge is 0.484 e. The summed E-state index contributed by atoms with van der Waals surface area (Å²) in [6, 6.07) is 14.0. The van der Waals surface area contributed by atoms with E-state index in [1.807, 2.05) is 30.3 Å². The molecular formula is C21H24ClNO2S. The van der Waals surface area contributed by atoms with Gasteiger partial charge < -0.3 is 10.1 Å². The van der Waals surface area contributed by atoms with Crippen LogP contribution in [-0.4, -0.2) is 24.8 Å². The third-order valence-electron chi connectivity index (χ3n) is 4.47. The highest BCUT2D eigenvalue weighted by Gasteiger charge is 2.10. The number of ether oxygens (including phenoxy) is 1. The summed E-state index contributed by atoms with van der Waals surface area (Å²) < 4.78 is 5.64. The smallest absolute Gasteiger partial charge is 0.257 e. The number of hydrogen-bond donors (Lipinski definition) is 1. The van der Waals surface area contributed by atoms with Crippen molar-refractivity contribution in [2.45, 2.75) is 31.4 Å². The van der Waals surface area contributed by atoms with Crippen LogP contribution >= 0.6 is 23.4 Å². The van der Waals surface area contributed by atoms with E-state index in [1.165, 1.54) is 24.0 Å². The van der Waals surface area contributed by atoms with Crippen molar-refractivity contribution in [1.82, 2.24) is 5.32 Å². The van der Waals surface area contributed by atoms with Crippen molar-refractivity contribution in [2.24, 2.45) is 0 Å². The monoisotopic (exact) mass is 389 g/mol. The van der Waals surface area contributed by atoms with E-state index in [4.69, 9.17) is 16.3 Å². The normalized spacial score (nSPS) is 13.1. The van der Waals surface area contributed by atoms with Gasteiger partial charge in [-0.3, -0.25) is 4.79 Å². The van der Waals surface area contributed by atoms with Gasteiger partial charge in [0.05, 0.1) is 0 Å². The van der Waals surface area contributed by atoms with Crippen LogP contribution in [0.4, 0.5) is 0 Å². The number of nitrogens with one attached hydrogen (secondary N) is 1. The molecule has 0 aromatic heterocycles. The minimum Gasteiger partial charge on any atom is -0.484 e. The summed E-state index contributed by atoms with van der Waals surface area (Å²) in [5.74, 6) is 2.40. The molecule has 0 atom stereocenters. The predicted octanol–water partition coefficient (Wildman–Crippen LogP) is 4.65. The number of benzene rings is 2. The summed E-state index contributed by atoms with van der Waals surface area (Å²) in [6.07, 6.45) is 4.77. The van der Waals surface area contributed by atoms with Gasteiger partial charge in [0, 0.05) is 23.1 Å². The summed E-state index contributed by atoms with van der Waals surface area (Å²) in [5.41, 5.74) is 3.91. The lowest BCUT2D eigenvalue weighted by molar-refractivity contribution is -0.122. The minimum atomic E-state index is -0.0823. The third kappa shape index (κ3) is 5.68. The Morgan fingerprint density at radius 3 is 2.77 bits per heavy atom. The van der Waals surface area contributed by atoms with Gasteiger partial charge in [-0.2, -0.15) is 11.8 Å². The molecule has 138 valence electrons. The van der Waals surface area contributed by atoms with Gasteiger partial charge in [-0.25, -0.2) is 0 Å². The van der Waals surface area contributed by atoms with E-state index in [9.17, 15) is 4.79 Å². The van der Waals surface area contributed by atoms with Gasteiger partial charge in [0.25, 0.3) is 5.91 Å². The van der Waals surface area contributed by atoms with Crippen LogP contribution < -0.4 is 10.1 Å². The molecule has 0 heterocycles. The molecular weight excluding hydrogens is 366 g/mol. The highest BCUT2D eigenvalue weighted by Crippen LogP contribution is 2.25. The molecule has 0 aliphatic heterocycles. The topological polar surface area (TPSA) is 38.3 Å². The number of halogens is 1. The molecule has 0 radical (unpaired) electrons. The molecule has 0 bridgehead atoms. The van der Waals surface area contributed by atoms with Gasteiger partial charge in [0.1, 0.15) is 5.75 Å². The third-order valence-corrected chi connectivity index (χ3v) is 5.85. The number of rotatable bonds is 8. The Labute approximate surface area is 164 Å². The number of thioether (sulfide) groups is 1. The van der Waals surface area contributed by atoms with Gasteiger partial charge in [-0.15, -0.1) is 0 Å². The second-order valence-corrected chi connectivity index (χ2v) is 7.93. The van der Waals surface area contributed by atoms with Crippen molar-refractivity contribution in [3.8, 4) is 5.75 Å². The Morgan fingerprint density at radius 2 is 1.92 bits per heavy atom. The standard InChI is InChI=1S/C21H24ClNO2S/c22-20-8-4-3-7-18(20)15-26-12-11-23-21(24)14-25-19-10-9-16-5-1-2-6-17(16)13-19/h3-4,7-10,13H,1-2,5-6,11-12,14-15H2,(H,23,24). The van der Waals surface area contributed by atoms with Gasteiger partial charge in [0.2, 0.25) is 0 Å². The van der Waals surface area contributed by atoms with Crippen LogP contribution in [0.15, 0.2) is 42.5 Å². The fraction of sp³-hybridized carbons (Fsp3) is 0.381. The number of carbonyl (C=O) groups excluding carboxylic acids is 1. The number of fused-ring (bicyclic) bond motifs is 1. The zero-order valence-electron chi connectivity index (χ0n) is 14.8. The van der Waals surface area contributed by atoms with E-state index >= 15 is 0 Å². The van der Waals surface area contributed by atoms with Crippen LogP contribution in [0.3, 0.4) is 0 Å². The summed E-state index contributed by atoms with van der Waals surface area (Å²) in [7, 11) is 0. The van der Waals surface area contributed by atoms with Crippen molar-refractivity contribution in [2.75, 3.05) is 18.9 Å². The van der Waals surface area contributed by atoms with Crippen LogP contribution in [0.2, 0.25) is 5.02 Å². The van der Waals surface area contributed by atoms with Crippen LogP contribution in [0.25, 0.3) is 0 Å². The zero-order chi connectivity index (χ0) is 18.2. The van der Waals surface area contributed by atoms with Crippen LogP contribution in [0, 0.1) is 0 Å². The van der Waals surface area contributed by atoms with Crippen LogP contribution in [-0.2, 0) is 23.4 Å². The maximum atomic E-state index is 11.9. The van der Waals surface area contributed by atoms with E-state index in [1.54, 1.807) is 11.8 Å². The molecule has 0 saturated carbocycles. The Morgan fingerprint density at radius 1 is 1.12 bits per heavy atom. The fourth-order valence-electron chi connectivity index (χ4n) is 3.06. The number of amides is 1. The Hall–Kier alpha value is -1.65. The molecule has 5 heteroatoms.